The molecule has 1 aliphatic carbocycles. The number of esters is 1. The van der Waals surface area contributed by atoms with Crippen LogP contribution in [0.15, 0.2) is 53.5 Å². The Morgan fingerprint density at radius 1 is 1.05 bits per heavy atom. The first-order valence-corrected chi connectivity index (χ1v) is 15.7. The molecule has 1 fully saturated rings. The van der Waals surface area contributed by atoms with Crippen molar-refractivity contribution in [1.29, 1.82) is 0 Å². The van der Waals surface area contributed by atoms with E-state index < -0.39 is 24.0 Å². The van der Waals surface area contributed by atoms with Crippen LogP contribution < -0.4 is 22.1 Å². The molecule has 10 heteroatoms. The van der Waals surface area contributed by atoms with Crippen LogP contribution in [0.4, 0.5) is 0 Å². The second-order valence-electron chi connectivity index (χ2n) is 11.7. The number of hydrogen-bond donors (Lipinski definition) is 4. The third-order valence-corrected chi connectivity index (χ3v) is 7.94. The summed E-state index contributed by atoms with van der Waals surface area (Å²) in [4.78, 5) is 44.1. The number of benzene rings is 2. The number of nitrogens with zero attached hydrogens (tertiary/aromatic N) is 1. The highest BCUT2D eigenvalue weighted by Crippen LogP contribution is 2.34. The highest BCUT2D eigenvalue weighted by Gasteiger charge is 2.33. The van der Waals surface area contributed by atoms with Gasteiger partial charge < -0.3 is 26.8 Å². The van der Waals surface area contributed by atoms with Gasteiger partial charge in [-0.15, -0.1) is 0 Å². The molecule has 0 spiro atoms. The van der Waals surface area contributed by atoms with Gasteiger partial charge >= 0.3 is 5.97 Å². The van der Waals surface area contributed by atoms with Crippen molar-refractivity contribution in [3.63, 3.8) is 0 Å². The maximum absolute atomic E-state index is 13.6. The molecule has 0 bridgehead atoms. The summed E-state index contributed by atoms with van der Waals surface area (Å²) in [5, 5.41) is 6.83. The van der Waals surface area contributed by atoms with Crippen LogP contribution in [0.1, 0.15) is 99.5 Å². The van der Waals surface area contributed by atoms with Crippen molar-refractivity contribution in [1.82, 2.24) is 10.6 Å². The van der Waals surface area contributed by atoms with E-state index in [1.165, 1.54) is 0 Å². The molecular weight excluding hydrogens is 566 g/mol. The lowest BCUT2D eigenvalue weighted by molar-refractivity contribution is -0.135. The Hall–Kier alpha value is -3.59. The number of carbonyl (C=O) groups is 3. The molecule has 0 radical (unpaired) electrons. The fraction of sp³-hybridized carbons (Fsp3) is 0.515. The summed E-state index contributed by atoms with van der Waals surface area (Å²) < 4.78 is 5.70. The van der Waals surface area contributed by atoms with Crippen LogP contribution in [0.3, 0.4) is 0 Å². The van der Waals surface area contributed by atoms with Crippen LogP contribution in [-0.2, 0) is 20.9 Å². The second kappa shape index (κ2) is 16.9. The van der Waals surface area contributed by atoms with E-state index in [4.69, 9.17) is 27.8 Å². The molecule has 1 unspecified atom stereocenters. The summed E-state index contributed by atoms with van der Waals surface area (Å²) in [7, 11) is 0. The third kappa shape index (κ3) is 10.9. The lowest BCUT2D eigenvalue weighted by atomic mass is 9.80. The van der Waals surface area contributed by atoms with Gasteiger partial charge in [0.2, 0.25) is 5.91 Å². The van der Waals surface area contributed by atoms with Crippen LogP contribution >= 0.6 is 11.6 Å². The number of rotatable bonds is 14. The summed E-state index contributed by atoms with van der Waals surface area (Å²) in [6.07, 6.45) is 5.21. The first-order chi connectivity index (χ1) is 20.6. The van der Waals surface area contributed by atoms with Gasteiger partial charge in [0, 0.05) is 17.0 Å². The van der Waals surface area contributed by atoms with Gasteiger partial charge in [-0.05, 0) is 73.4 Å². The van der Waals surface area contributed by atoms with Gasteiger partial charge in [0.1, 0.15) is 6.04 Å². The quantitative estimate of drug-likeness (QED) is 0.131. The van der Waals surface area contributed by atoms with Crippen molar-refractivity contribution >= 4 is 35.3 Å². The first kappa shape index (κ1) is 33.9. The maximum atomic E-state index is 13.6. The Morgan fingerprint density at radius 2 is 1.77 bits per heavy atom. The van der Waals surface area contributed by atoms with Crippen molar-refractivity contribution < 1.29 is 19.1 Å². The average Bonchev–Trinajstić information content (AvgIpc) is 2.98. The average molecular weight is 612 g/mol. The molecule has 2 amide bonds. The zero-order chi connectivity index (χ0) is 31.4. The Bertz CT molecular complexity index is 1250. The van der Waals surface area contributed by atoms with E-state index >= 15 is 0 Å². The van der Waals surface area contributed by atoms with E-state index in [0.29, 0.717) is 36.4 Å². The Morgan fingerprint density at radius 3 is 2.42 bits per heavy atom. The summed E-state index contributed by atoms with van der Waals surface area (Å²) in [6, 6.07) is 13.7. The summed E-state index contributed by atoms with van der Waals surface area (Å²) in [5.74, 6) is -1.02. The SMILES string of the molecule is CCCCC(OC(=O)c1ccc(CN=C(N)N)cc1)C(=O)N[C@@H](CC(C)C)C(=O)N[C@@H]1CCCC[C@H]1c1cccc(Cl)c1. The first-order valence-electron chi connectivity index (χ1n) is 15.3. The molecule has 3 rings (SSSR count). The molecule has 234 valence electrons. The van der Waals surface area contributed by atoms with Crippen LogP contribution in [-0.4, -0.2) is 41.9 Å². The monoisotopic (exact) mass is 611 g/mol. The lowest BCUT2D eigenvalue weighted by Gasteiger charge is -2.34. The molecule has 1 aliphatic rings. The Labute approximate surface area is 260 Å². The molecule has 6 N–H and O–H groups in total. The van der Waals surface area contributed by atoms with Crippen LogP contribution in [0.5, 0.6) is 0 Å². The lowest BCUT2D eigenvalue weighted by Crippen LogP contribution is -2.54. The van der Waals surface area contributed by atoms with E-state index in [2.05, 4.69) is 21.7 Å². The number of nitrogens with two attached hydrogens (primary N) is 2. The molecule has 9 nitrogen and oxygen atoms in total. The molecular formula is C33H46ClN5O4. The molecule has 0 heterocycles. The number of carbonyl (C=O) groups excluding carboxylic acids is 3. The predicted molar refractivity (Wildman–Crippen MR) is 171 cm³/mol. The van der Waals surface area contributed by atoms with Crippen molar-refractivity contribution in [3.8, 4) is 0 Å². The van der Waals surface area contributed by atoms with Crippen molar-refractivity contribution in [2.24, 2.45) is 22.4 Å². The Kier molecular flexibility index (Phi) is 13.3. The fourth-order valence-electron chi connectivity index (χ4n) is 5.45. The van der Waals surface area contributed by atoms with E-state index in [0.717, 1.165) is 43.2 Å². The zero-order valence-corrected chi connectivity index (χ0v) is 26.2. The van der Waals surface area contributed by atoms with E-state index in [1.54, 1.807) is 24.3 Å². The van der Waals surface area contributed by atoms with E-state index in [1.807, 2.05) is 39.0 Å². The molecule has 2 aromatic rings. The van der Waals surface area contributed by atoms with Gasteiger partial charge in [0.25, 0.3) is 5.91 Å². The largest absolute Gasteiger partial charge is 0.449 e. The number of guanidine groups is 1. The highest BCUT2D eigenvalue weighted by molar-refractivity contribution is 6.30. The smallest absolute Gasteiger partial charge is 0.338 e. The standard InChI is InChI=1S/C33H46ClN5O4/c1-4-5-13-29(43-32(42)23-16-14-22(15-17-23)20-37-33(35)36)31(41)39-28(18-21(2)3)30(40)38-27-12-7-6-11-26(27)24-9-8-10-25(34)19-24/h8-10,14-17,19,21,26-29H,4-7,11-13,18,20H2,1-3H3,(H,38,40)(H,39,41)(H4,35,36,37)/t26-,27+,28-,29?/m0/s1. The number of unbranched alkanes of at least 4 members (excludes halogenated alkanes) is 1. The van der Waals surface area contributed by atoms with Crippen LogP contribution in [0.25, 0.3) is 0 Å². The van der Waals surface area contributed by atoms with Crippen LogP contribution in [0, 0.1) is 5.92 Å². The summed E-state index contributed by atoms with van der Waals surface area (Å²) in [6.45, 7) is 6.31. The number of amides is 2. The number of aliphatic imine (C=N–C) groups is 1. The number of nitrogens with one attached hydrogen (secondary N) is 2. The van der Waals surface area contributed by atoms with Crippen LogP contribution in [0.2, 0.25) is 5.02 Å². The Balaban J connectivity index is 1.70. The van der Waals surface area contributed by atoms with Gasteiger partial charge in [0.15, 0.2) is 12.1 Å². The summed E-state index contributed by atoms with van der Waals surface area (Å²) >= 11 is 6.27. The maximum Gasteiger partial charge on any atom is 0.338 e. The topological polar surface area (TPSA) is 149 Å². The number of ether oxygens (including phenoxy) is 1. The minimum absolute atomic E-state index is 0.0163. The molecule has 43 heavy (non-hydrogen) atoms. The molecule has 2 aromatic carbocycles. The van der Waals surface area contributed by atoms with Gasteiger partial charge in [-0.3, -0.25) is 9.59 Å². The normalized spacial score (nSPS) is 17.9. The van der Waals surface area contributed by atoms with Gasteiger partial charge in [-0.25, -0.2) is 9.79 Å². The highest BCUT2D eigenvalue weighted by atomic mass is 35.5. The predicted octanol–water partition coefficient (Wildman–Crippen LogP) is 5.20. The minimum atomic E-state index is -1.02. The van der Waals surface area contributed by atoms with Crippen molar-refractivity contribution in [2.75, 3.05) is 0 Å². The summed E-state index contributed by atoms with van der Waals surface area (Å²) in [5.41, 5.74) is 13.0. The van der Waals surface area contributed by atoms with Crippen molar-refractivity contribution in [2.45, 2.75) is 103 Å². The molecule has 0 saturated heterocycles. The third-order valence-electron chi connectivity index (χ3n) is 7.71. The van der Waals surface area contributed by atoms with E-state index in [-0.39, 0.29) is 29.7 Å². The molecule has 4 atom stereocenters. The van der Waals surface area contributed by atoms with E-state index in [9.17, 15) is 14.4 Å². The van der Waals surface area contributed by atoms with Crippen molar-refractivity contribution in [3.05, 3.63) is 70.2 Å². The minimum Gasteiger partial charge on any atom is -0.449 e. The second-order valence-corrected chi connectivity index (χ2v) is 12.2. The fourth-order valence-corrected chi connectivity index (χ4v) is 5.65. The van der Waals surface area contributed by atoms with Gasteiger partial charge in [-0.2, -0.15) is 0 Å². The van der Waals surface area contributed by atoms with Gasteiger partial charge in [-0.1, -0.05) is 75.9 Å². The zero-order valence-electron chi connectivity index (χ0n) is 25.5. The number of halogens is 1. The number of hydrogen-bond acceptors (Lipinski definition) is 5. The molecule has 0 aliphatic heterocycles. The van der Waals surface area contributed by atoms with Gasteiger partial charge in [0.05, 0.1) is 12.1 Å². The molecule has 0 aromatic heterocycles. The molecule has 1 saturated carbocycles.